The molecule has 2 aliphatic rings. The Morgan fingerprint density at radius 1 is 1.31 bits per heavy atom. The summed E-state index contributed by atoms with van der Waals surface area (Å²) in [5.41, 5.74) is 5.70. The van der Waals surface area contributed by atoms with Crippen LogP contribution >= 0.6 is 11.6 Å². The van der Waals surface area contributed by atoms with Gasteiger partial charge in [-0.15, -0.1) is 0 Å². The highest BCUT2D eigenvalue weighted by atomic mass is 35.5. The number of amides is 1. The van der Waals surface area contributed by atoms with E-state index in [1.807, 2.05) is 31.3 Å². The predicted octanol–water partition coefficient (Wildman–Crippen LogP) is 4.42. The van der Waals surface area contributed by atoms with E-state index in [4.69, 9.17) is 11.6 Å². The molecule has 0 aliphatic carbocycles. The fourth-order valence-corrected chi connectivity index (χ4v) is 4.47. The van der Waals surface area contributed by atoms with E-state index in [2.05, 4.69) is 16.0 Å². The Morgan fingerprint density at radius 2 is 2.15 bits per heavy atom. The number of rotatable bonds is 2. The van der Waals surface area contributed by atoms with Crippen molar-refractivity contribution in [2.24, 2.45) is 0 Å². The minimum Gasteiger partial charge on any atom is -0.465 e. The summed E-state index contributed by atoms with van der Waals surface area (Å²) in [4.78, 5) is 19.8. The highest BCUT2D eigenvalue weighted by Gasteiger charge is 2.33. The molecule has 0 spiro atoms. The number of aromatic nitrogens is 1. The smallest absolute Gasteiger partial charge is 0.407 e. The molecule has 0 radical (unpaired) electrons. The first kappa shape index (κ1) is 17.2. The molecule has 1 fully saturated rings. The van der Waals surface area contributed by atoms with E-state index in [1.54, 1.807) is 4.90 Å². The lowest BCUT2D eigenvalue weighted by atomic mass is 9.90. The Hall–Kier alpha value is -2.27. The molecule has 136 valence electrons. The number of hydrogen-bond acceptors (Lipinski definition) is 3. The third kappa shape index (κ3) is 3.12. The number of hydrogen-bond donors (Lipinski definition) is 1. The van der Waals surface area contributed by atoms with Gasteiger partial charge >= 0.3 is 6.09 Å². The second kappa shape index (κ2) is 6.80. The monoisotopic (exact) mass is 371 g/mol. The number of pyridine rings is 1. The Labute approximate surface area is 158 Å². The van der Waals surface area contributed by atoms with Crippen LogP contribution in [0.5, 0.6) is 0 Å². The van der Waals surface area contributed by atoms with Crippen molar-refractivity contribution >= 4 is 23.4 Å². The van der Waals surface area contributed by atoms with Crippen LogP contribution in [0.2, 0.25) is 5.02 Å². The molecule has 4 rings (SSSR count). The molecule has 2 aliphatic heterocycles. The van der Waals surface area contributed by atoms with Crippen LogP contribution in [0, 0.1) is 6.92 Å². The van der Waals surface area contributed by atoms with Crippen molar-refractivity contribution in [1.82, 2.24) is 9.88 Å². The van der Waals surface area contributed by atoms with Crippen molar-refractivity contribution in [2.45, 2.75) is 38.8 Å². The minimum absolute atomic E-state index is 0.0981. The summed E-state index contributed by atoms with van der Waals surface area (Å²) in [6.45, 7) is 4.28. The van der Waals surface area contributed by atoms with Crippen LogP contribution in [0.1, 0.15) is 41.3 Å². The molecule has 0 bridgehead atoms. The molecule has 2 aromatic rings. The van der Waals surface area contributed by atoms with Gasteiger partial charge in [0.2, 0.25) is 0 Å². The SMILES string of the molecule is Cc1cc(N2CCc3cc(Cl)cc([C@@H]4CCCN4C(=O)O)c3C2)ccn1. The highest BCUT2D eigenvalue weighted by Crippen LogP contribution is 2.39. The van der Waals surface area contributed by atoms with E-state index >= 15 is 0 Å². The van der Waals surface area contributed by atoms with Gasteiger partial charge in [0, 0.05) is 42.2 Å². The van der Waals surface area contributed by atoms with Crippen LogP contribution < -0.4 is 4.90 Å². The van der Waals surface area contributed by atoms with Crippen molar-refractivity contribution < 1.29 is 9.90 Å². The van der Waals surface area contributed by atoms with Crippen LogP contribution in [0.4, 0.5) is 10.5 Å². The standard InChI is InChI=1S/C20H22ClN3O2/c1-13-9-16(4-6-22-13)23-8-5-14-10-15(21)11-17(18(14)12-23)19-3-2-7-24(19)20(25)26/h4,6,9-11,19H,2-3,5,7-8,12H2,1H3,(H,25,26)/t19-/m0/s1. The van der Waals surface area contributed by atoms with Gasteiger partial charge in [0.1, 0.15) is 0 Å². The molecular formula is C20H22ClN3O2. The molecule has 0 saturated carbocycles. The Morgan fingerprint density at radius 3 is 2.92 bits per heavy atom. The van der Waals surface area contributed by atoms with E-state index in [0.29, 0.717) is 11.6 Å². The second-order valence-corrected chi connectivity index (χ2v) is 7.53. The molecule has 0 unspecified atom stereocenters. The summed E-state index contributed by atoms with van der Waals surface area (Å²) in [7, 11) is 0. The molecule has 1 aromatic heterocycles. The fourth-order valence-electron chi connectivity index (χ4n) is 4.22. The number of likely N-dealkylation sites (tertiary alicyclic amines) is 1. The number of halogens is 1. The lowest BCUT2D eigenvalue weighted by Gasteiger charge is -2.34. The maximum Gasteiger partial charge on any atom is 0.407 e. The molecule has 1 saturated heterocycles. The van der Waals surface area contributed by atoms with Crippen LogP contribution in [-0.2, 0) is 13.0 Å². The molecule has 1 aromatic carbocycles. The highest BCUT2D eigenvalue weighted by molar-refractivity contribution is 6.30. The topological polar surface area (TPSA) is 56.7 Å². The molecule has 1 amide bonds. The number of anilines is 1. The average Bonchev–Trinajstić information content (AvgIpc) is 3.10. The first-order chi connectivity index (χ1) is 12.5. The molecule has 6 heteroatoms. The Kier molecular flexibility index (Phi) is 4.49. The molecule has 5 nitrogen and oxygen atoms in total. The van der Waals surface area contributed by atoms with Gasteiger partial charge in [0.25, 0.3) is 0 Å². The van der Waals surface area contributed by atoms with Crippen molar-refractivity contribution in [1.29, 1.82) is 0 Å². The number of benzene rings is 1. The second-order valence-electron chi connectivity index (χ2n) is 7.09. The normalized spacial score (nSPS) is 19.5. The Bertz CT molecular complexity index is 855. The number of nitrogens with zero attached hydrogens (tertiary/aromatic N) is 3. The number of aryl methyl sites for hydroxylation is 1. The van der Waals surface area contributed by atoms with E-state index in [0.717, 1.165) is 49.3 Å². The van der Waals surface area contributed by atoms with Crippen LogP contribution in [0.25, 0.3) is 0 Å². The van der Waals surface area contributed by atoms with Gasteiger partial charge < -0.3 is 14.9 Å². The summed E-state index contributed by atoms with van der Waals surface area (Å²) in [6, 6.07) is 8.04. The van der Waals surface area contributed by atoms with Crippen molar-refractivity contribution in [2.75, 3.05) is 18.0 Å². The summed E-state index contributed by atoms with van der Waals surface area (Å²) >= 11 is 6.37. The maximum absolute atomic E-state index is 11.6. The largest absolute Gasteiger partial charge is 0.465 e. The zero-order chi connectivity index (χ0) is 18.3. The lowest BCUT2D eigenvalue weighted by Crippen LogP contribution is -2.34. The maximum atomic E-state index is 11.6. The molecule has 3 heterocycles. The molecule has 1 atom stereocenters. The Balaban J connectivity index is 1.72. The third-order valence-electron chi connectivity index (χ3n) is 5.44. The van der Waals surface area contributed by atoms with Crippen LogP contribution in [0.15, 0.2) is 30.5 Å². The fraction of sp³-hybridized carbons (Fsp3) is 0.400. The number of carboxylic acid groups (broad SMARTS) is 1. The van der Waals surface area contributed by atoms with Crippen molar-refractivity contribution in [3.63, 3.8) is 0 Å². The van der Waals surface area contributed by atoms with E-state index in [1.165, 1.54) is 11.1 Å². The van der Waals surface area contributed by atoms with Gasteiger partial charge in [-0.1, -0.05) is 11.6 Å². The number of carbonyl (C=O) groups is 1. The van der Waals surface area contributed by atoms with Gasteiger partial charge in [-0.3, -0.25) is 4.98 Å². The van der Waals surface area contributed by atoms with Crippen molar-refractivity contribution in [3.8, 4) is 0 Å². The lowest BCUT2D eigenvalue weighted by molar-refractivity contribution is 0.140. The van der Waals surface area contributed by atoms with E-state index < -0.39 is 6.09 Å². The summed E-state index contributed by atoms with van der Waals surface area (Å²) in [6.07, 6.45) is 3.65. The van der Waals surface area contributed by atoms with Gasteiger partial charge in [0.15, 0.2) is 0 Å². The van der Waals surface area contributed by atoms with Gasteiger partial charge in [0.05, 0.1) is 6.04 Å². The van der Waals surface area contributed by atoms with E-state index in [-0.39, 0.29) is 6.04 Å². The minimum atomic E-state index is -0.848. The summed E-state index contributed by atoms with van der Waals surface area (Å²) < 4.78 is 0. The third-order valence-corrected chi connectivity index (χ3v) is 5.66. The average molecular weight is 372 g/mol. The molecule has 1 N–H and O–H groups in total. The first-order valence-corrected chi connectivity index (χ1v) is 9.39. The summed E-state index contributed by atoms with van der Waals surface area (Å²) in [5.74, 6) is 0. The molecule has 26 heavy (non-hydrogen) atoms. The zero-order valence-electron chi connectivity index (χ0n) is 14.8. The van der Waals surface area contributed by atoms with Crippen molar-refractivity contribution in [3.05, 3.63) is 57.9 Å². The quantitative estimate of drug-likeness (QED) is 0.848. The first-order valence-electron chi connectivity index (χ1n) is 9.01. The van der Waals surface area contributed by atoms with Gasteiger partial charge in [-0.2, -0.15) is 0 Å². The van der Waals surface area contributed by atoms with Gasteiger partial charge in [-0.05, 0) is 67.1 Å². The number of fused-ring (bicyclic) bond motifs is 1. The summed E-state index contributed by atoms with van der Waals surface area (Å²) in [5, 5.41) is 10.3. The predicted molar refractivity (Wildman–Crippen MR) is 102 cm³/mol. The van der Waals surface area contributed by atoms with Crippen LogP contribution in [-0.4, -0.2) is 34.2 Å². The molecular weight excluding hydrogens is 350 g/mol. The van der Waals surface area contributed by atoms with Gasteiger partial charge in [-0.25, -0.2) is 4.79 Å². The zero-order valence-corrected chi connectivity index (χ0v) is 15.5. The van der Waals surface area contributed by atoms with Crippen LogP contribution in [0.3, 0.4) is 0 Å². The van der Waals surface area contributed by atoms with E-state index in [9.17, 15) is 9.90 Å².